The Bertz CT molecular complexity index is 573. The second kappa shape index (κ2) is 2.26. The van der Waals surface area contributed by atoms with Crippen molar-refractivity contribution in [3.8, 4) is 0 Å². The fourth-order valence-corrected chi connectivity index (χ4v) is 1.39. The molecule has 62 valence electrons. The summed E-state index contributed by atoms with van der Waals surface area (Å²) in [7, 11) is 0. The van der Waals surface area contributed by atoms with Gasteiger partial charge in [0.15, 0.2) is 5.58 Å². The third-order valence-corrected chi connectivity index (χ3v) is 2.01. The van der Waals surface area contributed by atoms with Crippen LogP contribution in [-0.2, 0) is 0 Å². The molecule has 0 saturated heterocycles. The standard InChI is InChI=1S/C9H5N3O/c1-2-8-7(5-10-12-8)9-6(1)3-4-11-13-9/h1-5H. The molecule has 3 aromatic rings. The van der Waals surface area contributed by atoms with Crippen LogP contribution in [0, 0.1) is 0 Å². The Morgan fingerprint density at radius 3 is 3.15 bits per heavy atom. The molecule has 3 rings (SSSR count). The molecule has 0 aliphatic heterocycles. The number of hydrogen-bond donors (Lipinski definition) is 0. The summed E-state index contributed by atoms with van der Waals surface area (Å²) in [6.07, 6.45) is 3.31. The van der Waals surface area contributed by atoms with Crippen molar-refractivity contribution in [3.63, 3.8) is 0 Å². The molecule has 2 aromatic heterocycles. The molecule has 4 nitrogen and oxygen atoms in total. The Morgan fingerprint density at radius 1 is 1.15 bits per heavy atom. The van der Waals surface area contributed by atoms with E-state index in [1.54, 1.807) is 12.4 Å². The fraction of sp³-hybridized carbons (Fsp3) is 0. The molecular weight excluding hydrogens is 166 g/mol. The second-order valence-electron chi connectivity index (χ2n) is 2.77. The molecule has 1 aromatic carbocycles. The summed E-state index contributed by atoms with van der Waals surface area (Å²) in [4.78, 5) is 0. The summed E-state index contributed by atoms with van der Waals surface area (Å²) < 4.78 is 5.15. The van der Waals surface area contributed by atoms with Gasteiger partial charge in [-0.05, 0) is 18.2 Å². The summed E-state index contributed by atoms with van der Waals surface area (Å²) in [6.45, 7) is 0. The number of hydrogen-bond acceptors (Lipinski definition) is 4. The van der Waals surface area contributed by atoms with Gasteiger partial charge in [-0.25, -0.2) is 0 Å². The molecule has 0 unspecified atom stereocenters. The predicted octanol–water partition coefficient (Wildman–Crippen LogP) is 1.77. The molecule has 0 spiro atoms. The zero-order valence-electron chi connectivity index (χ0n) is 6.64. The fourth-order valence-electron chi connectivity index (χ4n) is 1.39. The number of benzene rings is 1. The van der Waals surface area contributed by atoms with E-state index in [2.05, 4.69) is 15.4 Å². The van der Waals surface area contributed by atoms with E-state index >= 15 is 0 Å². The summed E-state index contributed by atoms with van der Waals surface area (Å²) in [6, 6.07) is 5.75. The van der Waals surface area contributed by atoms with E-state index in [4.69, 9.17) is 4.52 Å². The largest absolute Gasteiger partial charge is 0.356 e. The molecule has 0 N–H and O–H groups in total. The third kappa shape index (κ3) is 0.823. The molecule has 0 fully saturated rings. The predicted molar refractivity (Wildman–Crippen MR) is 47.1 cm³/mol. The Hall–Kier alpha value is -1.97. The van der Waals surface area contributed by atoms with Crippen LogP contribution in [0.25, 0.3) is 21.9 Å². The zero-order valence-corrected chi connectivity index (χ0v) is 6.64. The van der Waals surface area contributed by atoms with Gasteiger partial charge in [0, 0.05) is 5.39 Å². The van der Waals surface area contributed by atoms with Gasteiger partial charge in [-0.15, -0.1) is 0 Å². The van der Waals surface area contributed by atoms with Crippen LogP contribution in [0.3, 0.4) is 0 Å². The first kappa shape index (κ1) is 6.54. The number of aromatic nitrogens is 3. The monoisotopic (exact) mass is 171 g/mol. The summed E-state index contributed by atoms with van der Waals surface area (Å²) in [5.41, 5.74) is 1.58. The molecule has 0 atom stereocenters. The van der Waals surface area contributed by atoms with Crippen molar-refractivity contribution >= 4 is 21.9 Å². The topological polar surface area (TPSA) is 51.8 Å². The molecule has 0 amide bonds. The van der Waals surface area contributed by atoms with E-state index in [1.807, 2.05) is 18.2 Å². The number of nitrogens with zero attached hydrogens (tertiary/aromatic N) is 3. The minimum atomic E-state index is 0.741. The maximum Gasteiger partial charge on any atom is 0.176 e. The van der Waals surface area contributed by atoms with E-state index in [1.165, 1.54) is 0 Å². The molecule has 0 bridgehead atoms. The molecule has 0 saturated carbocycles. The normalized spacial score (nSPS) is 11.1. The molecule has 0 aliphatic rings. The van der Waals surface area contributed by atoms with Crippen molar-refractivity contribution in [1.29, 1.82) is 0 Å². The van der Waals surface area contributed by atoms with Crippen LogP contribution < -0.4 is 0 Å². The zero-order chi connectivity index (χ0) is 8.67. The van der Waals surface area contributed by atoms with Crippen molar-refractivity contribution in [3.05, 3.63) is 30.6 Å². The average Bonchev–Trinajstić information content (AvgIpc) is 2.65. The van der Waals surface area contributed by atoms with Gasteiger partial charge in [0.1, 0.15) is 0 Å². The van der Waals surface area contributed by atoms with Crippen LogP contribution in [0.2, 0.25) is 0 Å². The van der Waals surface area contributed by atoms with Gasteiger partial charge in [0.25, 0.3) is 0 Å². The van der Waals surface area contributed by atoms with Crippen molar-refractivity contribution in [2.45, 2.75) is 0 Å². The van der Waals surface area contributed by atoms with Crippen LogP contribution in [0.4, 0.5) is 0 Å². The molecule has 0 radical (unpaired) electrons. The van der Waals surface area contributed by atoms with Crippen LogP contribution in [0.1, 0.15) is 0 Å². The Labute approximate surface area is 73.2 Å². The van der Waals surface area contributed by atoms with Gasteiger partial charge in [0.2, 0.25) is 0 Å². The second-order valence-corrected chi connectivity index (χ2v) is 2.77. The number of fused-ring (bicyclic) bond motifs is 3. The smallest absolute Gasteiger partial charge is 0.176 e. The van der Waals surface area contributed by atoms with Crippen molar-refractivity contribution < 1.29 is 4.52 Å². The van der Waals surface area contributed by atoms with Crippen molar-refractivity contribution in [1.82, 2.24) is 15.4 Å². The number of rotatable bonds is 0. The molecular formula is C9H5N3O. The van der Waals surface area contributed by atoms with Crippen LogP contribution in [0.5, 0.6) is 0 Å². The maximum atomic E-state index is 5.15. The van der Waals surface area contributed by atoms with E-state index in [0.29, 0.717) is 0 Å². The summed E-state index contributed by atoms with van der Waals surface area (Å²) in [5.74, 6) is 0. The highest BCUT2D eigenvalue weighted by atomic mass is 16.5. The molecule has 0 aliphatic carbocycles. The van der Waals surface area contributed by atoms with Crippen molar-refractivity contribution in [2.24, 2.45) is 0 Å². The molecule has 4 heteroatoms. The van der Waals surface area contributed by atoms with Crippen LogP contribution in [-0.4, -0.2) is 15.4 Å². The highest BCUT2D eigenvalue weighted by Gasteiger charge is 2.04. The van der Waals surface area contributed by atoms with Gasteiger partial charge >= 0.3 is 0 Å². The van der Waals surface area contributed by atoms with Gasteiger partial charge in [-0.1, -0.05) is 5.16 Å². The van der Waals surface area contributed by atoms with Gasteiger partial charge in [-0.3, -0.25) is 0 Å². The van der Waals surface area contributed by atoms with Crippen LogP contribution in [0.15, 0.2) is 35.1 Å². The molecule has 2 heterocycles. The highest BCUT2D eigenvalue weighted by molar-refractivity contribution is 6.01. The third-order valence-electron chi connectivity index (χ3n) is 2.01. The van der Waals surface area contributed by atoms with Gasteiger partial charge < -0.3 is 4.52 Å². The van der Waals surface area contributed by atoms with Crippen LogP contribution >= 0.6 is 0 Å². The van der Waals surface area contributed by atoms with E-state index in [-0.39, 0.29) is 0 Å². The average molecular weight is 171 g/mol. The maximum absolute atomic E-state index is 5.15. The lowest BCUT2D eigenvalue weighted by molar-refractivity contribution is 0.444. The lowest BCUT2D eigenvalue weighted by Gasteiger charge is -1.93. The van der Waals surface area contributed by atoms with E-state index in [9.17, 15) is 0 Å². The first-order chi connectivity index (χ1) is 6.45. The first-order valence-electron chi connectivity index (χ1n) is 3.90. The van der Waals surface area contributed by atoms with Crippen molar-refractivity contribution in [2.75, 3.05) is 0 Å². The highest BCUT2D eigenvalue weighted by Crippen LogP contribution is 2.21. The first-order valence-corrected chi connectivity index (χ1v) is 3.90. The minimum absolute atomic E-state index is 0.741. The lowest BCUT2D eigenvalue weighted by atomic mass is 10.2. The Balaban J connectivity index is 2.65. The van der Waals surface area contributed by atoms with E-state index in [0.717, 1.165) is 21.9 Å². The van der Waals surface area contributed by atoms with Gasteiger partial charge in [-0.2, -0.15) is 10.2 Å². The summed E-state index contributed by atoms with van der Waals surface area (Å²) >= 11 is 0. The Morgan fingerprint density at radius 2 is 2.15 bits per heavy atom. The molecule has 13 heavy (non-hydrogen) atoms. The van der Waals surface area contributed by atoms with E-state index < -0.39 is 0 Å². The SMILES string of the molecule is c1cc2ccc3nncc3c2on1. The van der Waals surface area contributed by atoms with Gasteiger partial charge in [0.05, 0.1) is 23.3 Å². The quantitative estimate of drug-likeness (QED) is 0.517. The lowest BCUT2D eigenvalue weighted by Crippen LogP contribution is -1.75. The summed E-state index contributed by atoms with van der Waals surface area (Å²) in [5, 5.41) is 13.4. The minimum Gasteiger partial charge on any atom is -0.356 e. The Kier molecular flexibility index (Phi) is 1.14.